The number of nitrogens with two attached hydrogens (primary N) is 1. The monoisotopic (exact) mass is 314 g/mol. The molecule has 0 unspecified atom stereocenters. The predicted octanol–water partition coefficient (Wildman–Crippen LogP) is 4.42. The van der Waals surface area contributed by atoms with Crippen molar-refractivity contribution in [1.29, 1.82) is 0 Å². The van der Waals surface area contributed by atoms with Gasteiger partial charge in [0.1, 0.15) is 17.2 Å². The molecule has 0 atom stereocenters. The first-order valence-corrected chi connectivity index (χ1v) is 7.46. The Kier molecular flexibility index (Phi) is 4.79. The lowest BCUT2D eigenvalue weighted by atomic mass is 10.0. The minimum Gasteiger partial charge on any atom is -0.508 e. The lowest BCUT2D eigenvalue weighted by molar-refractivity contribution is 0.259. The lowest BCUT2D eigenvalue weighted by Gasteiger charge is -2.16. The van der Waals surface area contributed by atoms with E-state index in [1.807, 2.05) is 33.8 Å². The minimum atomic E-state index is -0.599. The molecule has 0 spiro atoms. The van der Waals surface area contributed by atoms with Gasteiger partial charge in [-0.3, -0.25) is 0 Å². The summed E-state index contributed by atoms with van der Waals surface area (Å²) >= 11 is 0. The van der Waals surface area contributed by atoms with E-state index in [4.69, 9.17) is 10.5 Å². The fourth-order valence-corrected chi connectivity index (χ4v) is 2.50. The summed E-state index contributed by atoms with van der Waals surface area (Å²) in [5, 5.41) is 12.5. The number of phenolic OH excluding ortho intramolecular Hbond substituents is 1. The van der Waals surface area contributed by atoms with Crippen molar-refractivity contribution in [2.24, 2.45) is 5.73 Å². The van der Waals surface area contributed by atoms with Gasteiger partial charge in [0, 0.05) is 11.3 Å². The van der Waals surface area contributed by atoms with Gasteiger partial charge in [0.05, 0.1) is 0 Å². The number of nitrogens with one attached hydrogen (secondary N) is 1. The molecule has 0 saturated heterocycles. The molecule has 122 valence electrons. The van der Waals surface area contributed by atoms with Crippen molar-refractivity contribution in [1.82, 2.24) is 0 Å². The third-order valence-corrected chi connectivity index (χ3v) is 3.57. The quantitative estimate of drug-likeness (QED) is 0.781. The number of aryl methyl sites for hydroxylation is 2. The largest absolute Gasteiger partial charge is 0.508 e. The summed E-state index contributed by atoms with van der Waals surface area (Å²) < 4.78 is 5.99. The second-order valence-electron chi connectivity index (χ2n) is 5.91. The van der Waals surface area contributed by atoms with Crippen molar-refractivity contribution in [3.8, 4) is 17.2 Å². The third kappa shape index (κ3) is 3.94. The van der Waals surface area contributed by atoms with Gasteiger partial charge in [-0.1, -0.05) is 13.8 Å². The molecule has 5 nitrogen and oxygen atoms in total. The molecule has 23 heavy (non-hydrogen) atoms. The van der Waals surface area contributed by atoms with Gasteiger partial charge < -0.3 is 20.9 Å². The van der Waals surface area contributed by atoms with E-state index in [2.05, 4.69) is 5.32 Å². The Balaban J connectivity index is 2.33. The Hall–Kier alpha value is -2.69. The second kappa shape index (κ2) is 6.60. The summed E-state index contributed by atoms with van der Waals surface area (Å²) in [4.78, 5) is 11.0. The Morgan fingerprint density at radius 1 is 1.17 bits per heavy atom. The van der Waals surface area contributed by atoms with E-state index in [1.165, 1.54) is 0 Å². The third-order valence-electron chi connectivity index (χ3n) is 3.57. The number of hydrogen-bond acceptors (Lipinski definition) is 3. The number of rotatable bonds is 4. The molecular formula is C18H22N2O3. The van der Waals surface area contributed by atoms with Gasteiger partial charge in [-0.15, -0.1) is 0 Å². The number of amides is 2. The standard InChI is InChI=1S/C18H22N2O3/c1-10(2)15-9-14(5-6-16(15)21)23-17-11(3)7-13(8-12(17)4)20-18(19)22/h5-10,21H,1-4H3,(H3,19,20,22). The average molecular weight is 314 g/mol. The maximum absolute atomic E-state index is 11.0. The first-order chi connectivity index (χ1) is 10.8. The van der Waals surface area contributed by atoms with Crippen LogP contribution in [0.15, 0.2) is 30.3 Å². The number of aromatic hydroxyl groups is 1. The van der Waals surface area contributed by atoms with Crippen LogP contribution >= 0.6 is 0 Å². The number of ether oxygens (including phenoxy) is 1. The van der Waals surface area contributed by atoms with Crippen molar-refractivity contribution < 1.29 is 14.6 Å². The van der Waals surface area contributed by atoms with Crippen LogP contribution in [-0.2, 0) is 0 Å². The summed E-state index contributed by atoms with van der Waals surface area (Å²) in [6.07, 6.45) is 0. The summed E-state index contributed by atoms with van der Waals surface area (Å²) in [5.41, 5.74) is 8.38. The molecule has 0 fully saturated rings. The number of carbonyl (C=O) groups is 1. The predicted molar refractivity (Wildman–Crippen MR) is 91.4 cm³/mol. The molecule has 0 aliphatic carbocycles. The Labute approximate surface area is 136 Å². The van der Waals surface area contributed by atoms with Crippen molar-refractivity contribution >= 4 is 11.7 Å². The molecule has 2 aromatic carbocycles. The highest BCUT2D eigenvalue weighted by Crippen LogP contribution is 2.35. The average Bonchev–Trinajstić information content (AvgIpc) is 2.43. The van der Waals surface area contributed by atoms with Crippen LogP contribution in [0, 0.1) is 13.8 Å². The van der Waals surface area contributed by atoms with Crippen LogP contribution in [0.4, 0.5) is 10.5 Å². The number of benzene rings is 2. The molecule has 0 aromatic heterocycles. The molecule has 2 aromatic rings. The highest BCUT2D eigenvalue weighted by Gasteiger charge is 2.12. The van der Waals surface area contributed by atoms with Crippen LogP contribution < -0.4 is 15.8 Å². The van der Waals surface area contributed by atoms with Crippen LogP contribution in [0.3, 0.4) is 0 Å². The molecule has 0 bridgehead atoms. The van der Waals surface area contributed by atoms with Gasteiger partial charge in [0.25, 0.3) is 0 Å². The second-order valence-corrected chi connectivity index (χ2v) is 5.91. The summed E-state index contributed by atoms with van der Waals surface area (Å²) in [6, 6.07) is 8.22. The fourth-order valence-electron chi connectivity index (χ4n) is 2.50. The molecule has 0 saturated carbocycles. The van der Waals surface area contributed by atoms with Gasteiger partial charge in [-0.2, -0.15) is 0 Å². The number of primary amides is 1. The maximum Gasteiger partial charge on any atom is 0.316 e. The normalized spacial score (nSPS) is 10.7. The van der Waals surface area contributed by atoms with Crippen LogP contribution in [0.5, 0.6) is 17.2 Å². The Morgan fingerprint density at radius 3 is 2.30 bits per heavy atom. The van der Waals surface area contributed by atoms with E-state index in [9.17, 15) is 9.90 Å². The fraction of sp³-hybridized carbons (Fsp3) is 0.278. The highest BCUT2D eigenvalue weighted by atomic mass is 16.5. The smallest absolute Gasteiger partial charge is 0.316 e. The van der Waals surface area contributed by atoms with Crippen LogP contribution in [0.1, 0.15) is 36.5 Å². The zero-order valence-corrected chi connectivity index (χ0v) is 13.8. The first-order valence-electron chi connectivity index (χ1n) is 7.46. The van der Waals surface area contributed by atoms with Crippen LogP contribution in [0.25, 0.3) is 0 Å². The lowest BCUT2D eigenvalue weighted by Crippen LogP contribution is -2.19. The van der Waals surface area contributed by atoms with Crippen LogP contribution in [-0.4, -0.2) is 11.1 Å². The minimum absolute atomic E-state index is 0.197. The topological polar surface area (TPSA) is 84.6 Å². The Morgan fingerprint density at radius 2 is 1.78 bits per heavy atom. The maximum atomic E-state index is 11.0. The number of phenols is 1. The van der Waals surface area contributed by atoms with Crippen molar-refractivity contribution in [2.45, 2.75) is 33.6 Å². The molecule has 0 aliphatic rings. The van der Waals surface area contributed by atoms with Gasteiger partial charge in [-0.25, -0.2) is 4.79 Å². The summed E-state index contributed by atoms with van der Waals surface area (Å²) in [5.74, 6) is 1.85. The van der Waals surface area contributed by atoms with Crippen molar-refractivity contribution in [3.63, 3.8) is 0 Å². The van der Waals surface area contributed by atoms with Gasteiger partial charge in [0.2, 0.25) is 0 Å². The summed E-state index contributed by atoms with van der Waals surface area (Å²) in [6.45, 7) is 7.83. The van der Waals surface area contributed by atoms with Gasteiger partial charge >= 0.3 is 6.03 Å². The van der Waals surface area contributed by atoms with Gasteiger partial charge in [-0.05, 0) is 61.2 Å². The Bertz CT molecular complexity index is 716. The van der Waals surface area contributed by atoms with Crippen molar-refractivity contribution in [3.05, 3.63) is 47.0 Å². The molecule has 2 rings (SSSR count). The molecule has 0 aliphatic heterocycles. The van der Waals surface area contributed by atoms with E-state index in [1.54, 1.807) is 24.3 Å². The molecule has 5 heteroatoms. The summed E-state index contributed by atoms with van der Waals surface area (Å²) in [7, 11) is 0. The van der Waals surface area contributed by atoms with Crippen LogP contribution in [0.2, 0.25) is 0 Å². The van der Waals surface area contributed by atoms with E-state index < -0.39 is 6.03 Å². The van der Waals surface area contributed by atoms with E-state index >= 15 is 0 Å². The van der Waals surface area contributed by atoms with Crippen molar-refractivity contribution in [2.75, 3.05) is 5.32 Å². The zero-order valence-electron chi connectivity index (χ0n) is 13.8. The first kappa shape index (κ1) is 16.7. The van der Waals surface area contributed by atoms with E-state index in [-0.39, 0.29) is 11.7 Å². The number of hydrogen-bond donors (Lipinski definition) is 3. The van der Waals surface area contributed by atoms with E-state index in [0.717, 1.165) is 22.4 Å². The molecule has 4 N–H and O–H groups in total. The SMILES string of the molecule is Cc1cc(NC(N)=O)cc(C)c1Oc1ccc(O)c(C(C)C)c1. The number of urea groups is 1. The molecule has 0 heterocycles. The highest BCUT2D eigenvalue weighted by molar-refractivity contribution is 5.88. The molecule has 0 radical (unpaired) electrons. The zero-order chi connectivity index (χ0) is 17.1. The molecular weight excluding hydrogens is 292 g/mol. The van der Waals surface area contributed by atoms with Gasteiger partial charge in [0.15, 0.2) is 0 Å². The number of carbonyl (C=O) groups excluding carboxylic acids is 1. The molecule has 2 amide bonds. The van der Waals surface area contributed by atoms with E-state index in [0.29, 0.717) is 11.4 Å². The number of anilines is 1.